The Morgan fingerprint density at radius 3 is 2.46 bits per heavy atom. The Morgan fingerprint density at radius 1 is 1.23 bits per heavy atom. The summed E-state index contributed by atoms with van der Waals surface area (Å²) < 4.78 is 0. The molecular formula is C11H20N2. The monoisotopic (exact) mass is 180 g/mol. The van der Waals surface area contributed by atoms with Crippen LogP contribution in [0.5, 0.6) is 0 Å². The third-order valence-corrected chi connectivity index (χ3v) is 2.60. The first-order valence-electron chi connectivity index (χ1n) is 4.96. The zero-order chi connectivity index (χ0) is 9.68. The van der Waals surface area contributed by atoms with Gasteiger partial charge in [0, 0.05) is 38.8 Å². The molecule has 0 aromatic rings. The van der Waals surface area contributed by atoms with E-state index in [1.54, 1.807) is 0 Å². The number of hydrogen-bond acceptors (Lipinski definition) is 2. The maximum atomic E-state index is 3.77. The lowest BCUT2D eigenvalue weighted by Crippen LogP contribution is -2.51. The van der Waals surface area contributed by atoms with E-state index in [4.69, 9.17) is 0 Å². The van der Waals surface area contributed by atoms with Gasteiger partial charge < -0.3 is 0 Å². The highest BCUT2D eigenvalue weighted by Gasteiger charge is 2.21. The molecule has 0 aromatic heterocycles. The van der Waals surface area contributed by atoms with E-state index in [1.165, 1.54) is 0 Å². The highest BCUT2D eigenvalue weighted by molar-refractivity contribution is 4.86. The van der Waals surface area contributed by atoms with Gasteiger partial charge in [-0.1, -0.05) is 12.2 Å². The number of piperazine rings is 1. The lowest BCUT2D eigenvalue weighted by molar-refractivity contribution is 0.102. The Hall–Kier alpha value is -0.600. The van der Waals surface area contributed by atoms with Gasteiger partial charge in [0.1, 0.15) is 0 Å². The van der Waals surface area contributed by atoms with Crippen LogP contribution in [0.1, 0.15) is 6.92 Å². The largest absolute Gasteiger partial charge is 0.297 e. The fourth-order valence-electron chi connectivity index (χ4n) is 1.86. The summed E-state index contributed by atoms with van der Waals surface area (Å²) >= 11 is 0. The normalized spacial score (nSPS) is 25.8. The van der Waals surface area contributed by atoms with E-state index in [0.29, 0.717) is 6.04 Å². The molecule has 1 rings (SSSR count). The van der Waals surface area contributed by atoms with E-state index in [-0.39, 0.29) is 0 Å². The fourth-order valence-corrected chi connectivity index (χ4v) is 1.86. The van der Waals surface area contributed by atoms with Gasteiger partial charge in [0.25, 0.3) is 0 Å². The van der Waals surface area contributed by atoms with Gasteiger partial charge in [-0.3, -0.25) is 9.80 Å². The Morgan fingerprint density at radius 2 is 1.92 bits per heavy atom. The Kier molecular flexibility index (Phi) is 4.19. The number of hydrogen-bond donors (Lipinski definition) is 0. The van der Waals surface area contributed by atoms with E-state index < -0.39 is 0 Å². The van der Waals surface area contributed by atoms with E-state index in [9.17, 15) is 0 Å². The van der Waals surface area contributed by atoms with Crippen LogP contribution in [0.3, 0.4) is 0 Å². The molecule has 0 aliphatic carbocycles. The topological polar surface area (TPSA) is 6.48 Å². The summed E-state index contributed by atoms with van der Waals surface area (Å²) in [7, 11) is 0. The average Bonchev–Trinajstić information content (AvgIpc) is 2.10. The lowest BCUT2D eigenvalue weighted by Gasteiger charge is -2.38. The van der Waals surface area contributed by atoms with Gasteiger partial charge in [-0.15, -0.1) is 13.2 Å². The summed E-state index contributed by atoms with van der Waals surface area (Å²) in [6.45, 7) is 15.3. The zero-order valence-corrected chi connectivity index (χ0v) is 8.58. The first-order valence-corrected chi connectivity index (χ1v) is 4.96. The smallest absolute Gasteiger partial charge is 0.0198 e. The first-order chi connectivity index (χ1) is 6.27. The molecule has 1 aliphatic rings. The molecule has 0 radical (unpaired) electrons. The van der Waals surface area contributed by atoms with Crippen molar-refractivity contribution in [3.05, 3.63) is 25.3 Å². The van der Waals surface area contributed by atoms with Crippen LogP contribution in [0.25, 0.3) is 0 Å². The summed E-state index contributed by atoms with van der Waals surface area (Å²) in [4.78, 5) is 4.91. The second-order valence-electron chi connectivity index (χ2n) is 3.68. The quantitative estimate of drug-likeness (QED) is 0.603. The van der Waals surface area contributed by atoms with Crippen molar-refractivity contribution in [2.24, 2.45) is 0 Å². The van der Waals surface area contributed by atoms with E-state index in [1.807, 2.05) is 12.2 Å². The molecule has 0 amide bonds. The highest BCUT2D eigenvalue weighted by Crippen LogP contribution is 2.08. The van der Waals surface area contributed by atoms with Crippen molar-refractivity contribution in [3.63, 3.8) is 0 Å². The van der Waals surface area contributed by atoms with E-state index in [0.717, 1.165) is 32.7 Å². The van der Waals surface area contributed by atoms with E-state index in [2.05, 4.69) is 29.9 Å². The van der Waals surface area contributed by atoms with Gasteiger partial charge >= 0.3 is 0 Å². The summed E-state index contributed by atoms with van der Waals surface area (Å²) in [5, 5.41) is 0. The number of rotatable bonds is 4. The summed E-state index contributed by atoms with van der Waals surface area (Å²) in [6, 6.07) is 0.645. The van der Waals surface area contributed by atoms with Crippen LogP contribution in [0.4, 0.5) is 0 Å². The van der Waals surface area contributed by atoms with Gasteiger partial charge in [-0.25, -0.2) is 0 Å². The molecule has 0 N–H and O–H groups in total. The van der Waals surface area contributed by atoms with E-state index >= 15 is 0 Å². The molecule has 13 heavy (non-hydrogen) atoms. The molecule has 1 heterocycles. The molecule has 1 aliphatic heterocycles. The van der Waals surface area contributed by atoms with Crippen molar-refractivity contribution >= 4 is 0 Å². The van der Waals surface area contributed by atoms with Gasteiger partial charge in [0.05, 0.1) is 0 Å². The van der Waals surface area contributed by atoms with Crippen molar-refractivity contribution in [1.29, 1.82) is 0 Å². The maximum Gasteiger partial charge on any atom is 0.0198 e. The van der Waals surface area contributed by atoms with Crippen molar-refractivity contribution < 1.29 is 0 Å². The zero-order valence-electron chi connectivity index (χ0n) is 8.58. The third-order valence-electron chi connectivity index (χ3n) is 2.60. The molecule has 0 saturated carbocycles. The summed E-state index contributed by atoms with van der Waals surface area (Å²) in [5.41, 5.74) is 0. The third kappa shape index (κ3) is 2.98. The standard InChI is InChI=1S/C11H20N2/c1-4-6-12-8-9-13(7-5-2)11(3)10-12/h4-5,11H,1-2,6-10H2,3H3/t11-/m0/s1. The van der Waals surface area contributed by atoms with Crippen molar-refractivity contribution in [2.75, 3.05) is 32.7 Å². The van der Waals surface area contributed by atoms with Crippen LogP contribution in [0.2, 0.25) is 0 Å². The van der Waals surface area contributed by atoms with Crippen molar-refractivity contribution in [1.82, 2.24) is 9.80 Å². The minimum absolute atomic E-state index is 0.645. The second kappa shape index (κ2) is 5.20. The molecule has 1 fully saturated rings. The van der Waals surface area contributed by atoms with Crippen LogP contribution in [-0.2, 0) is 0 Å². The van der Waals surface area contributed by atoms with Crippen LogP contribution in [-0.4, -0.2) is 48.6 Å². The SMILES string of the molecule is C=CCN1CCN(CC=C)[C@@H](C)C1. The molecule has 0 bridgehead atoms. The van der Waals surface area contributed by atoms with Crippen molar-refractivity contribution in [3.8, 4) is 0 Å². The van der Waals surface area contributed by atoms with Gasteiger partial charge in [-0.2, -0.15) is 0 Å². The summed E-state index contributed by atoms with van der Waals surface area (Å²) in [6.07, 6.45) is 3.97. The predicted octanol–water partition coefficient (Wildman–Crippen LogP) is 1.36. The van der Waals surface area contributed by atoms with Crippen molar-refractivity contribution in [2.45, 2.75) is 13.0 Å². The highest BCUT2D eigenvalue weighted by atomic mass is 15.3. The molecule has 0 aromatic carbocycles. The Labute approximate surface area is 81.5 Å². The molecular weight excluding hydrogens is 160 g/mol. The molecule has 2 heteroatoms. The minimum Gasteiger partial charge on any atom is -0.297 e. The van der Waals surface area contributed by atoms with Gasteiger partial charge in [-0.05, 0) is 6.92 Å². The summed E-state index contributed by atoms with van der Waals surface area (Å²) in [5.74, 6) is 0. The minimum atomic E-state index is 0.645. The fraction of sp³-hybridized carbons (Fsp3) is 0.636. The molecule has 1 atom stereocenters. The second-order valence-corrected chi connectivity index (χ2v) is 3.68. The molecule has 0 unspecified atom stereocenters. The maximum absolute atomic E-state index is 3.77. The predicted molar refractivity (Wildman–Crippen MR) is 57.9 cm³/mol. The molecule has 1 saturated heterocycles. The average molecular weight is 180 g/mol. The lowest BCUT2D eigenvalue weighted by atomic mass is 10.2. The van der Waals surface area contributed by atoms with Crippen LogP contribution in [0.15, 0.2) is 25.3 Å². The molecule has 74 valence electrons. The Bertz CT molecular complexity index is 177. The van der Waals surface area contributed by atoms with Gasteiger partial charge in [0.2, 0.25) is 0 Å². The Balaban J connectivity index is 2.36. The van der Waals surface area contributed by atoms with Gasteiger partial charge in [0.15, 0.2) is 0 Å². The van der Waals surface area contributed by atoms with Crippen LogP contribution >= 0.6 is 0 Å². The van der Waals surface area contributed by atoms with Crippen LogP contribution in [0, 0.1) is 0 Å². The molecule has 0 spiro atoms. The number of nitrogens with zero attached hydrogens (tertiary/aromatic N) is 2. The molecule has 2 nitrogen and oxygen atoms in total. The van der Waals surface area contributed by atoms with Crippen LogP contribution < -0.4 is 0 Å². The first kappa shape index (κ1) is 10.5.